The maximum Gasteiger partial charge on any atom is 0.451 e. The number of para-hydroxylation sites is 1. The fraction of sp³-hybridized carbons (Fsp3) is 0.118. The van der Waals surface area contributed by atoms with Crippen molar-refractivity contribution < 1.29 is 18.0 Å². The smallest absolute Gasteiger partial charge is 0.366 e. The Morgan fingerprint density at radius 1 is 1.04 bits per heavy atom. The Balaban J connectivity index is 1.91. The van der Waals surface area contributed by atoms with E-state index in [0.717, 1.165) is 5.56 Å². The van der Waals surface area contributed by atoms with Crippen LogP contribution >= 0.6 is 11.8 Å². The third-order valence-electron chi connectivity index (χ3n) is 3.44. The van der Waals surface area contributed by atoms with Gasteiger partial charge in [0.05, 0.1) is 5.52 Å². The highest BCUT2D eigenvalue weighted by molar-refractivity contribution is 7.98. The lowest BCUT2D eigenvalue weighted by molar-refractivity contribution is -0.145. The van der Waals surface area contributed by atoms with E-state index in [0.29, 0.717) is 16.7 Å². The number of carbonyl (C=O) groups is 1. The van der Waals surface area contributed by atoms with E-state index in [1.54, 1.807) is 42.5 Å². The molecule has 3 rings (SSSR count). The van der Waals surface area contributed by atoms with Gasteiger partial charge in [-0.05, 0) is 23.8 Å². The largest absolute Gasteiger partial charge is 0.451 e. The minimum Gasteiger partial charge on any atom is -0.366 e. The fourth-order valence-electron chi connectivity index (χ4n) is 2.20. The van der Waals surface area contributed by atoms with Crippen LogP contribution in [0.25, 0.3) is 10.9 Å². The third-order valence-corrected chi connectivity index (χ3v) is 4.50. The molecule has 0 aliphatic heterocycles. The molecule has 25 heavy (non-hydrogen) atoms. The van der Waals surface area contributed by atoms with Crippen LogP contribution in [-0.4, -0.2) is 15.9 Å². The van der Waals surface area contributed by atoms with E-state index in [1.807, 2.05) is 0 Å². The molecule has 2 aromatic carbocycles. The second-order valence-electron chi connectivity index (χ2n) is 5.22. The highest BCUT2D eigenvalue weighted by Gasteiger charge is 2.35. The minimum atomic E-state index is -4.61. The summed E-state index contributed by atoms with van der Waals surface area (Å²) in [5.41, 5.74) is 6.64. The van der Waals surface area contributed by atoms with Gasteiger partial charge in [-0.1, -0.05) is 30.3 Å². The molecular formula is C17H12F3N3OS. The molecule has 0 saturated heterocycles. The van der Waals surface area contributed by atoms with Gasteiger partial charge in [0.25, 0.3) is 0 Å². The van der Waals surface area contributed by atoms with Crippen molar-refractivity contribution in [2.24, 2.45) is 5.73 Å². The van der Waals surface area contributed by atoms with Crippen LogP contribution in [0.4, 0.5) is 13.2 Å². The number of hydrogen-bond acceptors (Lipinski definition) is 4. The Bertz CT molecular complexity index is 927. The summed E-state index contributed by atoms with van der Waals surface area (Å²) in [4.78, 5) is 18.3. The van der Waals surface area contributed by atoms with E-state index in [1.165, 1.54) is 17.8 Å². The molecule has 0 unspecified atom stereocenters. The number of amides is 1. The topological polar surface area (TPSA) is 68.9 Å². The Morgan fingerprint density at radius 3 is 2.36 bits per heavy atom. The van der Waals surface area contributed by atoms with Gasteiger partial charge >= 0.3 is 6.18 Å². The first-order chi connectivity index (χ1) is 11.8. The Hall–Kier alpha value is -2.61. The molecule has 3 aromatic rings. The first-order valence-electron chi connectivity index (χ1n) is 7.20. The minimum absolute atomic E-state index is 0.247. The number of carbonyl (C=O) groups excluding carboxylic acids is 1. The Kier molecular flexibility index (Phi) is 4.63. The molecule has 0 spiro atoms. The normalized spacial score (nSPS) is 11.6. The average molecular weight is 363 g/mol. The maximum absolute atomic E-state index is 13.0. The van der Waals surface area contributed by atoms with Crippen molar-refractivity contribution in [1.82, 2.24) is 9.97 Å². The van der Waals surface area contributed by atoms with Crippen LogP contribution in [0.2, 0.25) is 0 Å². The first-order valence-corrected chi connectivity index (χ1v) is 8.18. The summed E-state index contributed by atoms with van der Waals surface area (Å²) in [7, 11) is 0. The van der Waals surface area contributed by atoms with Crippen LogP contribution in [0.3, 0.4) is 0 Å². The summed E-state index contributed by atoms with van der Waals surface area (Å²) in [6.45, 7) is 0. The predicted octanol–water partition coefficient (Wildman–Crippen LogP) is 4.04. The molecule has 0 atom stereocenters. The molecule has 2 N–H and O–H groups in total. The molecule has 8 heteroatoms. The lowest BCUT2D eigenvalue weighted by Crippen LogP contribution is -2.11. The van der Waals surface area contributed by atoms with Gasteiger partial charge in [0.15, 0.2) is 0 Å². The summed E-state index contributed by atoms with van der Waals surface area (Å²) in [5.74, 6) is -1.29. The van der Waals surface area contributed by atoms with E-state index < -0.39 is 17.9 Å². The number of nitrogens with two attached hydrogens (primary N) is 1. The molecular weight excluding hydrogens is 351 g/mol. The lowest BCUT2D eigenvalue weighted by atomic mass is 10.1. The van der Waals surface area contributed by atoms with Crippen molar-refractivity contribution in [3.63, 3.8) is 0 Å². The molecule has 0 aliphatic carbocycles. The second kappa shape index (κ2) is 6.72. The summed E-state index contributed by atoms with van der Waals surface area (Å²) < 4.78 is 39.0. The van der Waals surface area contributed by atoms with E-state index >= 15 is 0 Å². The highest BCUT2D eigenvalue weighted by Crippen LogP contribution is 2.33. The molecule has 0 bridgehead atoms. The standard InChI is InChI=1S/C17H12F3N3OS/c18-17(19,20)16-22-13-4-2-1-3-12(13)15(23-16)25-9-10-5-7-11(8-6-10)14(21)24/h1-8H,9H2,(H2,21,24). The van der Waals surface area contributed by atoms with Crippen LogP contribution in [0.15, 0.2) is 53.6 Å². The predicted molar refractivity (Wildman–Crippen MR) is 89.1 cm³/mol. The molecule has 0 radical (unpaired) electrons. The van der Waals surface area contributed by atoms with E-state index in [9.17, 15) is 18.0 Å². The quantitative estimate of drug-likeness (QED) is 0.561. The van der Waals surface area contributed by atoms with Gasteiger partial charge in [0, 0.05) is 16.7 Å². The fourth-order valence-corrected chi connectivity index (χ4v) is 3.18. The number of nitrogens with zero attached hydrogens (tertiary/aromatic N) is 2. The zero-order chi connectivity index (χ0) is 18.0. The van der Waals surface area contributed by atoms with Crippen LogP contribution in [0.1, 0.15) is 21.7 Å². The molecule has 0 saturated carbocycles. The van der Waals surface area contributed by atoms with Crippen molar-refractivity contribution >= 4 is 28.6 Å². The molecule has 0 fully saturated rings. The van der Waals surface area contributed by atoms with Gasteiger partial charge in [-0.3, -0.25) is 4.79 Å². The van der Waals surface area contributed by atoms with Gasteiger partial charge in [0.2, 0.25) is 11.7 Å². The number of halogens is 3. The summed E-state index contributed by atoms with van der Waals surface area (Å²) >= 11 is 1.18. The zero-order valence-electron chi connectivity index (χ0n) is 12.7. The lowest BCUT2D eigenvalue weighted by Gasteiger charge is -2.10. The number of aromatic nitrogens is 2. The van der Waals surface area contributed by atoms with Gasteiger partial charge < -0.3 is 5.73 Å². The van der Waals surface area contributed by atoms with Crippen LogP contribution in [-0.2, 0) is 11.9 Å². The molecule has 0 aliphatic rings. The van der Waals surface area contributed by atoms with Crippen molar-refractivity contribution in [3.8, 4) is 0 Å². The van der Waals surface area contributed by atoms with Crippen LogP contribution in [0, 0.1) is 0 Å². The number of thioether (sulfide) groups is 1. The number of primary amides is 1. The first kappa shape index (κ1) is 17.2. The van der Waals surface area contributed by atoms with E-state index in [-0.39, 0.29) is 10.5 Å². The van der Waals surface area contributed by atoms with Gasteiger partial charge in [0.1, 0.15) is 5.03 Å². The molecule has 1 aromatic heterocycles. The number of rotatable bonds is 4. The number of hydrogen-bond donors (Lipinski definition) is 1. The molecule has 4 nitrogen and oxygen atoms in total. The van der Waals surface area contributed by atoms with Gasteiger partial charge in [-0.25, -0.2) is 9.97 Å². The number of benzene rings is 2. The van der Waals surface area contributed by atoms with Crippen LogP contribution < -0.4 is 5.73 Å². The van der Waals surface area contributed by atoms with Crippen molar-refractivity contribution in [3.05, 3.63) is 65.5 Å². The SMILES string of the molecule is NC(=O)c1ccc(CSc2nc(C(F)(F)F)nc3ccccc23)cc1. The number of alkyl halides is 3. The molecule has 128 valence electrons. The maximum atomic E-state index is 13.0. The number of fused-ring (bicyclic) bond motifs is 1. The zero-order valence-corrected chi connectivity index (χ0v) is 13.6. The highest BCUT2D eigenvalue weighted by atomic mass is 32.2. The monoisotopic (exact) mass is 363 g/mol. The van der Waals surface area contributed by atoms with Gasteiger partial charge in [-0.2, -0.15) is 13.2 Å². The van der Waals surface area contributed by atoms with Crippen molar-refractivity contribution in [2.75, 3.05) is 0 Å². The summed E-state index contributed by atoms with van der Waals surface area (Å²) in [5, 5.41) is 0.825. The van der Waals surface area contributed by atoms with Crippen molar-refractivity contribution in [2.45, 2.75) is 17.0 Å². The molecule has 1 heterocycles. The van der Waals surface area contributed by atoms with Gasteiger partial charge in [-0.15, -0.1) is 11.8 Å². The Labute approximate surface area is 145 Å². The average Bonchev–Trinajstić information content (AvgIpc) is 2.59. The summed E-state index contributed by atoms with van der Waals surface area (Å²) in [6, 6.07) is 13.2. The molecule has 1 amide bonds. The third kappa shape index (κ3) is 3.90. The van der Waals surface area contributed by atoms with E-state index in [4.69, 9.17) is 5.73 Å². The van der Waals surface area contributed by atoms with Crippen LogP contribution in [0.5, 0.6) is 0 Å². The van der Waals surface area contributed by atoms with E-state index in [2.05, 4.69) is 9.97 Å². The summed E-state index contributed by atoms with van der Waals surface area (Å²) in [6.07, 6.45) is -4.61. The van der Waals surface area contributed by atoms with Crippen molar-refractivity contribution in [1.29, 1.82) is 0 Å². The Morgan fingerprint density at radius 2 is 1.72 bits per heavy atom. The second-order valence-corrected chi connectivity index (χ2v) is 6.18.